The summed E-state index contributed by atoms with van der Waals surface area (Å²) in [6, 6.07) is 6.87. The van der Waals surface area contributed by atoms with Crippen molar-refractivity contribution in [3.63, 3.8) is 0 Å². The monoisotopic (exact) mass is 349 g/mol. The van der Waals surface area contributed by atoms with Crippen molar-refractivity contribution in [2.24, 2.45) is 0 Å². The molecule has 0 radical (unpaired) electrons. The second kappa shape index (κ2) is 9.05. The Morgan fingerprint density at radius 2 is 1.84 bits per heavy atom. The number of aliphatic carboxylic acids is 1. The van der Waals surface area contributed by atoms with E-state index in [1.54, 1.807) is 30.9 Å². The zero-order chi connectivity index (χ0) is 19.0. The summed E-state index contributed by atoms with van der Waals surface area (Å²) in [5.41, 5.74) is 0.804. The highest BCUT2D eigenvalue weighted by Gasteiger charge is 2.22. The molecular formula is C18H27N3O4. The van der Waals surface area contributed by atoms with Crippen LogP contribution >= 0.6 is 0 Å². The molecule has 0 aliphatic rings. The van der Waals surface area contributed by atoms with E-state index in [1.165, 1.54) is 6.92 Å². The van der Waals surface area contributed by atoms with Crippen LogP contribution in [0.4, 0.5) is 10.5 Å². The van der Waals surface area contributed by atoms with Gasteiger partial charge in [0, 0.05) is 37.7 Å². The molecule has 0 fully saturated rings. The Labute approximate surface area is 148 Å². The maximum absolute atomic E-state index is 12.3. The minimum Gasteiger partial charge on any atom is -0.481 e. The van der Waals surface area contributed by atoms with Gasteiger partial charge in [0.05, 0.1) is 0 Å². The maximum atomic E-state index is 12.3. The predicted octanol–water partition coefficient (Wildman–Crippen LogP) is 2.82. The van der Waals surface area contributed by atoms with Crippen LogP contribution in [-0.2, 0) is 16.1 Å². The highest BCUT2D eigenvalue weighted by atomic mass is 16.4. The highest BCUT2D eigenvalue weighted by molar-refractivity contribution is 5.90. The van der Waals surface area contributed by atoms with E-state index >= 15 is 0 Å². The van der Waals surface area contributed by atoms with Gasteiger partial charge in [0.25, 0.3) is 0 Å². The number of carbonyl (C=O) groups is 3. The molecular weight excluding hydrogens is 322 g/mol. The fourth-order valence-corrected chi connectivity index (χ4v) is 2.37. The molecule has 25 heavy (non-hydrogen) atoms. The summed E-state index contributed by atoms with van der Waals surface area (Å²) in [4.78, 5) is 36.2. The van der Waals surface area contributed by atoms with Crippen LogP contribution in [0.15, 0.2) is 24.3 Å². The van der Waals surface area contributed by atoms with E-state index in [0.717, 1.165) is 5.56 Å². The number of nitrogens with one attached hydrogen (secondary N) is 2. The van der Waals surface area contributed by atoms with Crippen LogP contribution < -0.4 is 10.6 Å². The van der Waals surface area contributed by atoms with E-state index in [1.807, 2.05) is 19.1 Å². The minimum absolute atomic E-state index is 0.0199. The van der Waals surface area contributed by atoms with Gasteiger partial charge in [0.2, 0.25) is 5.91 Å². The molecule has 3 amide bonds. The number of amides is 3. The summed E-state index contributed by atoms with van der Waals surface area (Å²) in [6.07, 6.45) is 0.305. The molecule has 7 heteroatoms. The van der Waals surface area contributed by atoms with Crippen LogP contribution in [0.25, 0.3) is 0 Å². The molecule has 0 aliphatic heterocycles. The van der Waals surface area contributed by atoms with Gasteiger partial charge in [-0.1, -0.05) is 18.2 Å². The van der Waals surface area contributed by atoms with Crippen molar-refractivity contribution in [1.29, 1.82) is 0 Å². The fourth-order valence-electron chi connectivity index (χ4n) is 2.37. The molecule has 0 bridgehead atoms. The number of benzene rings is 1. The number of anilines is 1. The van der Waals surface area contributed by atoms with Gasteiger partial charge in [-0.25, -0.2) is 4.79 Å². The van der Waals surface area contributed by atoms with Crippen LogP contribution in [-0.4, -0.2) is 40.0 Å². The lowest BCUT2D eigenvalue weighted by Gasteiger charge is -2.26. The summed E-state index contributed by atoms with van der Waals surface area (Å²) in [6.45, 7) is 7.95. The molecule has 0 heterocycles. The molecule has 3 N–H and O–H groups in total. The van der Waals surface area contributed by atoms with Gasteiger partial charge in [0.1, 0.15) is 0 Å². The molecule has 0 unspecified atom stereocenters. The summed E-state index contributed by atoms with van der Waals surface area (Å²) < 4.78 is 0. The third kappa shape index (κ3) is 7.24. The standard InChI is InChI=1S/C18H27N3O4/c1-5-21(13(2)22)12-14-8-6-7-9-15(14)19-17(25)20-18(3,4)11-10-16(23)24/h6-9H,5,10-12H2,1-4H3,(H,23,24)(H2,19,20,25). The number of para-hydroxylation sites is 1. The lowest BCUT2D eigenvalue weighted by Crippen LogP contribution is -2.46. The average Bonchev–Trinajstić information content (AvgIpc) is 2.51. The summed E-state index contributed by atoms with van der Waals surface area (Å²) >= 11 is 0. The van der Waals surface area contributed by atoms with E-state index in [-0.39, 0.29) is 12.3 Å². The SMILES string of the molecule is CCN(Cc1ccccc1NC(=O)NC(C)(C)CCC(=O)O)C(C)=O. The molecule has 0 atom stereocenters. The second-order valence-electron chi connectivity index (χ2n) is 6.55. The molecule has 7 nitrogen and oxygen atoms in total. The molecule has 0 aliphatic carbocycles. The van der Waals surface area contributed by atoms with E-state index in [9.17, 15) is 14.4 Å². The number of nitrogens with zero attached hydrogens (tertiary/aromatic N) is 1. The van der Waals surface area contributed by atoms with Crippen LogP contribution in [0.1, 0.15) is 46.1 Å². The van der Waals surface area contributed by atoms with Gasteiger partial charge >= 0.3 is 12.0 Å². The molecule has 138 valence electrons. The first-order valence-corrected chi connectivity index (χ1v) is 8.29. The van der Waals surface area contributed by atoms with Gasteiger partial charge in [-0.05, 0) is 38.8 Å². The Kier molecular flexibility index (Phi) is 7.42. The van der Waals surface area contributed by atoms with E-state index in [0.29, 0.717) is 25.2 Å². The van der Waals surface area contributed by atoms with Gasteiger partial charge in [-0.3, -0.25) is 9.59 Å². The van der Waals surface area contributed by atoms with Gasteiger partial charge in [-0.15, -0.1) is 0 Å². The number of urea groups is 1. The van der Waals surface area contributed by atoms with Crippen LogP contribution in [0, 0.1) is 0 Å². The van der Waals surface area contributed by atoms with Crippen LogP contribution in [0.3, 0.4) is 0 Å². The second-order valence-corrected chi connectivity index (χ2v) is 6.55. The Morgan fingerprint density at radius 3 is 2.40 bits per heavy atom. The molecule has 1 rings (SSSR count). The molecule has 0 spiro atoms. The lowest BCUT2D eigenvalue weighted by atomic mass is 9.99. The zero-order valence-electron chi connectivity index (χ0n) is 15.3. The number of carbonyl (C=O) groups excluding carboxylic acids is 2. The normalized spacial score (nSPS) is 10.9. The number of rotatable bonds is 8. The first kappa shape index (κ1) is 20.5. The van der Waals surface area contributed by atoms with Crippen molar-refractivity contribution in [3.8, 4) is 0 Å². The fraction of sp³-hybridized carbons (Fsp3) is 0.500. The number of carboxylic acid groups (broad SMARTS) is 1. The van der Waals surface area contributed by atoms with Gasteiger partial charge in [-0.2, -0.15) is 0 Å². The smallest absolute Gasteiger partial charge is 0.319 e. The van der Waals surface area contributed by atoms with Crippen molar-refractivity contribution >= 4 is 23.6 Å². The Bertz CT molecular complexity index is 629. The first-order chi connectivity index (χ1) is 11.6. The minimum atomic E-state index is -0.899. The Morgan fingerprint density at radius 1 is 1.20 bits per heavy atom. The predicted molar refractivity (Wildman–Crippen MR) is 96.3 cm³/mol. The van der Waals surface area contributed by atoms with Gasteiger partial charge in [0.15, 0.2) is 0 Å². The third-order valence-electron chi connectivity index (χ3n) is 3.87. The number of carboxylic acids is 1. The van der Waals surface area contributed by atoms with Crippen LogP contribution in [0.5, 0.6) is 0 Å². The Hall–Kier alpha value is -2.57. The first-order valence-electron chi connectivity index (χ1n) is 8.29. The molecule has 1 aromatic carbocycles. The molecule has 0 saturated heterocycles. The number of hydrogen-bond donors (Lipinski definition) is 3. The lowest BCUT2D eigenvalue weighted by molar-refractivity contribution is -0.137. The van der Waals surface area contributed by atoms with Crippen molar-refractivity contribution in [2.45, 2.75) is 52.6 Å². The molecule has 1 aromatic rings. The average molecular weight is 349 g/mol. The van der Waals surface area contributed by atoms with E-state index in [2.05, 4.69) is 10.6 Å². The van der Waals surface area contributed by atoms with Crippen LogP contribution in [0.2, 0.25) is 0 Å². The largest absolute Gasteiger partial charge is 0.481 e. The van der Waals surface area contributed by atoms with Crippen molar-refractivity contribution < 1.29 is 19.5 Å². The van der Waals surface area contributed by atoms with Gasteiger partial charge < -0.3 is 20.6 Å². The molecule has 0 aromatic heterocycles. The van der Waals surface area contributed by atoms with E-state index in [4.69, 9.17) is 5.11 Å². The molecule has 0 saturated carbocycles. The summed E-state index contributed by atoms with van der Waals surface area (Å²) in [5, 5.41) is 14.3. The summed E-state index contributed by atoms with van der Waals surface area (Å²) in [5.74, 6) is -0.930. The Balaban J connectivity index is 2.77. The van der Waals surface area contributed by atoms with E-state index < -0.39 is 17.5 Å². The third-order valence-corrected chi connectivity index (χ3v) is 3.87. The number of hydrogen-bond acceptors (Lipinski definition) is 3. The maximum Gasteiger partial charge on any atom is 0.319 e. The van der Waals surface area contributed by atoms with Crippen molar-refractivity contribution in [2.75, 3.05) is 11.9 Å². The topological polar surface area (TPSA) is 98.7 Å². The van der Waals surface area contributed by atoms with Crippen molar-refractivity contribution in [3.05, 3.63) is 29.8 Å². The highest BCUT2D eigenvalue weighted by Crippen LogP contribution is 2.18. The summed E-state index contributed by atoms with van der Waals surface area (Å²) in [7, 11) is 0. The zero-order valence-corrected chi connectivity index (χ0v) is 15.3. The van der Waals surface area contributed by atoms with Crippen molar-refractivity contribution in [1.82, 2.24) is 10.2 Å². The quantitative estimate of drug-likeness (QED) is 0.672.